The standard InChI is InChI=1S/C4H10.HI/c1-3-4-2;/h3-4H2,1-2H3;1H/p-1. The Balaban J connectivity index is 0. The van der Waals surface area contributed by atoms with Gasteiger partial charge in [-0.1, -0.05) is 26.7 Å². The lowest BCUT2D eigenvalue weighted by atomic mass is 10.4. The lowest BCUT2D eigenvalue weighted by Crippen LogP contribution is -3.00. The third-order valence-electron chi connectivity index (χ3n) is 0.500. The van der Waals surface area contributed by atoms with Crippen LogP contribution < -0.4 is 24.0 Å². The minimum Gasteiger partial charge on any atom is -1.00 e. The minimum absolute atomic E-state index is 0. The van der Waals surface area contributed by atoms with E-state index in [1.807, 2.05) is 0 Å². The van der Waals surface area contributed by atoms with E-state index in [0.29, 0.717) is 0 Å². The lowest BCUT2D eigenvalue weighted by Gasteiger charge is -1.68. The van der Waals surface area contributed by atoms with Gasteiger partial charge < -0.3 is 24.0 Å². The number of rotatable bonds is 1. The van der Waals surface area contributed by atoms with Crippen molar-refractivity contribution in [3.63, 3.8) is 0 Å². The first-order chi connectivity index (χ1) is 1.91. The van der Waals surface area contributed by atoms with Crippen molar-refractivity contribution in [2.45, 2.75) is 26.7 Å². The molecule has 0 nitrogen and oxygen atoms in total. The average Bonchev–Trinajstić information content (AvgIpc) is 1.37. The summed E-state index contributed by atoms with van der Waals surface area (Å²) in [5.74, 6) is 0. The van der Waals surface area contributed by atoms with Gasteiger partial charge in [0.2, 0.25) is 0 Å². The summed E-state index contributed by atoms with van der Waals surface area (Å²) in [6.07, 6.45) is 2.64. The maximum absolute atomic E-state index is 2.18. The van der Waals surface area contributed by atoms with E-state index in [2.05, 4.69) is 13.8 Å². The van der Waals surface area contributed by atoms with Crippen molar-refractivity contribution >= 4 is 0 Å². The van der Waals surface area contributed by atoms with Crippen LogP contribution >= 0.6 is 0 Å². The maximum atomic E-state index is 2.18. The quantitative estimate of drug-likeness (QED) is 0.450. The van der Waals surface area contributed by atoms with Gasteiger partial charge in [0.05, 0.1) is 0 Å². The topological polar surface area (TPSA) is 0 Å². The molecule has 0 aromatic heterocycles. The van der Waals surface area contributed by atoms with Crippen LogP contribution in [0.25, 0.3) is 0 Å². The molecule has 0 fully saturated rings. The van der Waals surface area contributed by atoms with Gasteiger partial charge >= 0.3 is 0 Å². The fourth-order valence-electron chi connectivity index (χ4n) is 0. The Morgan fingerprint density at radius 2 is 1.20 bits per heavy atom. The predicted molar refractivity (Wildman–Crippen MR) is 20.6 cm³/mol. The van der Waals surface area contributed by atoms with Crippen LogP contribution in [0.15, 0.2) is 0 Å². The predicted octanol–water partition coefficient (Wildman–Crippen LogP) is -1.19. The Morgan fingerprint density at radius 3 is 1.20 bits per heavy atom. The highest BCUT2D eigenvalue weighted by Crippen LogP contribution is 1.76. The molecule has 5 heavy (non-hydrogen) atoms. The van der Waals surface area contributed by atoms with Crippen LogP contribution in [0.4, 0.5) is 0 Å². The van der Waals surface area contributed by atoms with Crippen LogP contribution in [0.5, 0.6) is 0 Å². The number of unbranched alkanes of at least 4 members (excludes halogenated alkanes) is 1. The van der Waals surface area contributed by atoms with Gasteiger partial charge in [0.25, 0.3) is 0 Å². The van der Waals surface area contributed by atoms with Crippen LogP contribution in [0.1, 0.15) is 26.7 Å². The molecule has 0 radical (unpaired) electrons. The summed E-state index contributed by atoms with van der Waals surface area (Å²) < 4.78 is 0. The third kappa shape index (κ3) is 11.8. The largest absolute Gasteiger partial charge is 1.00 e. The van der Waals surface area contributed by atoms with E-state index in [-0.39, 0.29) is 24.0 Å². The molecule has 0 spiro atoms. The maximum Gasteiger partial charge on any atom is -0.0564 e. The summed E-state index contributed by atoms with van der Waals surface area (Å²) in [7, 11) is 0. The number of halogens is 1. The van der Waals surface area contributed by atoms with E-state index in [0.717, 1.165) is 0 Å². The molecule has 0 saturated carbocycles. The molecule has 0 N–H and O–H groups in total. The van der Waals surface area contributed by atoms with Gasteiger partial charge in [-0.05, 0) is 0 Å². The monoisotopic (exact) mass is 185 g/mol. The second kappa shape index (κ2) is 8.83. The van der Waals surface area contributed by atoms with Crippen LogP contribution in [0, 0.1) is 0 Å². The summed E-state index contributed by atoms with van der Waals surface area (Å²) in [6.45, 7) is 4.36. The molecule has 0 aromatic carbocycles. The van der Waals surface area contributed by atoms with E-state index in [9.17, 15) is 0 Å². The van der Waals surface area contributed by atoms with Crippen LogP contribution in [-0.2, 0) is 0 Å². The van der Waals surface area contributed by atoms with E-state index in [1.165, 1.54) is 12.8 Å². The Labute approximate surface area is 51.0 Å². The Kier molecular flexibility index (Phi) is 16.3. The Morgan fingerprint density at radius 1 is 1.00 bits per heavy atom. The zero-order chi connectivity index (χ0) is 3.41. The van der Waals surface area contributed by atoms with Crippen molar-refractivity contribution in [3.05, 3.63) is 0 Å². The number of hydrogen-bond donors (Lipinski definition) is 0. The minimum atomic E-state index is 0. The molecular weight excluding hydrogens is 175 g/mol. The van der Waals surface area contributed by atoms with Crippen LogP contribution in [-0.4, -0.2) is 0 Å². The molecule has 0 bridgehead atoms. The molecule has 0 aliphatic carbocycles. The van der Waals surface area contributed by atoms with Crippen molar-refractivity contribution in [2.24, 2.45) is 0 Å². The van der Waals surface area contributed by atoms with Gasteiger partial charge in [0.15, 0.2) is 0 Å². The molecule has 0 aromatic rings. The molecule has 0 atom stereocenters. The second-order valence-corrected chi connectivity index (χ2v) is 1.000. The van der Waals surface area contributed by atoms with Crippen molar-refractivity contribution in [1.82, 2.24) is 0 Å². The molecule has 0 heterocycles. The lowest BCUT2D eigenvalue weighted by molar-refractivity contribution is -0.00000103. The Bertz CT molecular complexity index is 5.61. The summed E-state index contributed by atoms with van der Waals surface area (Å²) in [6, 6.07) is 0. The van der Waals surface area contributed by atoms with Crippen molar-refractivity contribution in [2.75, 3.05) is 0 Å². The molecule has 0 aliphatic heterocycles. The van der Waals surface area contributed by atoms with Crippen molar-refractivity contribution in [1.29, 1.82) is 0 Å². The van der Waals surface area contributed by atoms with E-state index in [1.54, 1.807) is 0 Å². The number of hydrogen-bond acceptors (Lipinski definition) is 0. The molecule has 0 unspecified atom stereocenters. The summed E-state index contributed by atoms with van der Waals surface area (Å²) >= 11 is 0. The van der Waals surface area contributed by atoms with Gasteiger partial charge in [-0.15, -0.1) is 0 Å². The van der Waals surface area contributed by atoms with Gasteiger partial charge in [0.1, 0.15) is 0 Å². The van der Waals surface area contributed by atoms with E-state index in [4.69, 9.17) is 0 Å². The Hall–Kier alpha value is 0.730. The van der Waals surface area contributed by atoms with Gasteiger partial charge in [-0.2, -0.15) is 0 Å². The molecule has 0 saturated heterocycles. The normalized spacial score (nSPS) is 6.00. The van der Waals surface area contributed by atoms with E-state index < -0.39 is 0 Å². The fourth-order valence-corrected chi connectivity index (χ4v) is 0. The molecular formula is C4H10I-. The van der Waals surface area contributed by atoms with Crippen molar-refractivity contribution in [3.8, 4) is 0 Å². The summed E-state index contributed by atoms with van der Waals surface area (Å²) in [5.41, 5.74) is 0. The van der Waals surface area contributed by atoms with Crippen LogP contribution in [0.2, 0.25) is 0 Å². The zero-order valence-corrected chi connectivity index (χ0v) is 5.95. The first kappa shape index (κ1) is 9.21. The molecule has 0 amide bonds. The van der Waals surface area contributed by atoms with Crippen LogP contribution in [0.3, 0.4) is 0 Å². The highest BCUT2D eigenvalue weighted by Gasteiger charge is 1.56. The van der Waals surface area contributed by atoms with Gasteiger partial charge in [-0.25, -0.2) is 0 Å². The summed E-state index contributed by atoms with van der Waals surface area (Å²) in [4.78, 5) is 0. The molecule has 34 valence electrons. The highest BCUT2D eigenvalue weighted by molar-refractivity contribution is 4.12. The smallest absolute Gasteiger partial charge is 0.0564 e. The zero-order valence-electron chi connectivity index (χ0n) is 3.79. The first-order valence-corrected chi connectivity index (χ1v) is 1.91. The van der Waals surface area contributed by atoms with Gasteiger partial charge in [-0.3, -0.25) is 0 Å². The fraction of sp³-hybridized carbons (Fsp3) is 1.00. The molecule has 0 rings (SSSR count). The first-order valence-electron chi connectivity index (χ1n) is 1.91. The molecule has 1 heteroatoms. The summed E-state index contributed by atoms with van der Waals surface area (Å²) in [5, 5.41) is 0. The average molecular weight is 185 g/mol. The van der Waals surface area contributed by atoms with Gasteiger partial charge in [0, 0.05) is 0 Å². The van der Waals surface area contributed by atoms with Crippen molar-refractivity contribution < 1.29 is 24.0 Å². The third-order valence-corrected chi connectivity index (χ3v) is 0.500. The highest BCUT2D eigenvalue weighted by atomic mass is 127. The second-order valence-electron chi connectivity index (χ2n) is 1.000. The SMILES string of the molecule is CCCC.[I-]. The van der Waals surface area contributed by atoms with E-state index >= 15 is 0 Å². The molecule has 0 aliphatic rings.